The minimum atomic E-state index is -1.04. The van der Waals surface area contributed by atoms with Crippen LogP contribution in [0.15, 0.2) is 4.99 Å². The van der Waals surface area contributed by atoms with E-state index in [1.165, 1.54) is 25.7 Å². The maximum Gasteiger partial charge on any atom is 0.325 e. The van der Waals surface area contributed by atoms with Crippen molar-refractivity contribution in [2.45, 2.75) is 46.5 Å². The summed E-state index contributed by atoms with van der Waals surface area (Å²) in [7, 11) is 0. The van der Waals surface area contributed by atoms with Crippen LogP contribution in [-0.4, -0.2) is 23.6 Å². The van der Waals surface area contributed by atoms with E-state index in [0.29, 0.717) is 10.8 Å². The van der Waals surface area contributed by atoms with Crippen LogP contribution < -0.4 is 11.5 Å². The smallest absolute Gasteiger partial charge is 0.325 e. The second-order valence-corrected chi connectivity index (χ2v) is 6.19. The minimum absolute atomic E-state index is 0.201. The Morgan fingerprint density at radius 3 is 1.89 bits per heavy atom. The van der Waals surface area contributed by atoms with Gasteiger partial charge in [0.15, 0.2) is 5.96 Å². The molecule has 0 saturated heterocycles. The molecule has 5 N–H and O–H groups in total. The molecule has 18 heavy (non-hydrogen) atoms. The molecule has 0 radical (unpaired) electrons. The van der Waals surface area contributed by atoms with E-state index in [-0.39, 0.29) is 12.5 Å². The molecule has 0 aromatic heterocycles. The van der Waals surface area contributed by atoms with Gasteiger partial charge >= 0.3 is 5.97 Å². The molecule has 0 heterocycles. The standard InChI is InChI=1S/C10H18.C3H7N3O2/c1-9(2)8-4-6-10(9,3)7-5-8;4-3(5)6-1-2(7)8/h8H,4-7H2,1-3H3;1H2,(H,7,8)(H4,4,5,6). The summed E-state index contributed by atoms with van der Waals surface area (Å²) in [5.41, 5.74) is 11.0. The molecule has 2 aliphatic rings. The molecule has 2 rings (SSSR count). The third-order valence-corrected chi connectivity index (χ3v) is 5.06. The van der Waals surface area contributed by atoms with Crippen LogP contribution in [0.4, 0.5) is 0 Å². The van der Waals surface area contributed by atoms with Gasteiger partial charge in [-0.05, 0) is 42.4 Å². The average Bonchev–Trinajstić information content (AvgIpc) is 2.61. The van der Waals surface area contributed by atoms with Crippen molar-refractivity contribution in [2.75, 3.05) is 6.54 Å². The van der Waals surface area contributed by atoms with Crippen molar-refractivity contribution in [1.82, 2.24) is 0 Å². The number of fused-ring (bicyclic) bond motifs is 2. The molecular formula is C13H25N3O2. The molecule has 0 atom stereocenters. The molecule has 0 unspecified atom stereocenters. The second kappa shape index (κ2) is 5.16. The van der Waals surface area contributed by atoms with Crippen molar-refractivity contribution in [3.63, 3.8) is 0 Å². The summed E-state index contributed by atoms with van der Waals surface area (Å²) < 4.78 is 0. The third-order valence-electron chi connectivity index (χ3n) is 5.06. The number of aliphatic carboxylic acids is 1. The largest absolute Gasteiger partial charge is 0.480 e. The van der Waals surface area contributed by atoms with E-state index in [1.54, 1.807) is 0 Å². The number of carboxylic acids is 1. The Kier molecular flexibility index (Phi) is 4.24. The number of rotatable bonds is 2. The summed E-state index contributed by atoms with van der Waals surface area (Å²) in [6.07, 6.45) is 5.99. The van der Waals surface area contributed by atoms with Crippen molar-refractivity contribution in [3.8, 4) is 0 Å². The van der Waals surface area contributed by atoms with Crippen LogP contribution in [0.25, 0.3) is 0 Å². The Bertz CT molecular complexity index is 335. The SMILES string of the molecule is CC12CCC(CC1)C2(C)C.NC(N)=NCC(=O)O. The number of nitrogens with zero attached hydrogens (tertiary/aromatic N) is 1. The predicted octanol–water partition coefficient (Wildman–Crippen LogP) is 1.57. The molecule has 5 nitrogen and oxygen atoms in total. The molecule has 5 heteroatoms. The minimum Gasteiger partial charge on any atom is -0.480 e. The Morgan fingerprint density at radius 1 is 1.28 bits per heavy atom. The summed E-state index contributed by atoms with van der Waals surface area (Å²) in [5.74, 6) is -0.191. The van der Waals surface area contributed by atoms with Crippen molar-refractivity contribution in [2.24, 2.45) is 33.2 Å². The van der Waals surface area contributed by atoms with Gasteiger partial charge in [-0.3, -0.25) is 4.79 Å². The van der Waals surface area contributed by atoms with E-state index in [9.17, 15) is 4.79 Å². The van der Waals surface area contributed by atoms with E-state index in [4.69, 9.17) is 16.6 Å². The van der Waals surface area contributed by atoms with Gasteiger partial charge in [0.2, 0.25) is 0 Å². The molecule has 2 saturated carbocycles. The number of carbonyl (C=O) groups is 1. The van der Waals surface area contributed by atoms with Gasteiger partial charge in [-0.1, -0.05) is 20.8 Å². The molecule has 2 aliphatic carbocycles. The lowest BCUT2D eigenvalue weighted by atomic mass is 9.71. The highest BCUT2D eigenvalue weighted by atomic mass is 16.4. The molecule has 104 valence electrons. The summed E-state index contributed by atoms with van der Waals surface area (Å²) in [6, 6.07) is 0. The topological polar surface area (TPSA) is 102 Å². The fraction of sp³-hybridized carbons (Fsp3) is 0.846. The lowest BCUT2D eigenvalue weighted by Crippen LogP contribution is -2.26. The highest BCUT2D eigenvalue weighted by molar-refractivity contribution is 5.79. The summed E-state index contributed by atoms with van der Waals surface area (Å²) >= 11 is 0. The molecule has 0 aromatic carbocycles. The predicted molar refractivity (Wildman–Crippen MR) is 72.2 cm³/mol. The quantitative estimate of drug-likeness (QED) is 0.515. The zero-order valence-electron chi connectivity index (χ0n) is 11.6. The Balaban J connectivity index is 0.000000187. The van der Waals surface area contributed by atoms with Gasteiger partial charge in [-0.2, -0.15) is 0 Å². The van der Waals surface area contributed by atoms with Crippen LogP contribution in [0.3, 0.4) is 0 Å². The lowest BCUT2D eigenvalue weighted by molar-refractivity contribution is -0.135. The van der Waals surface area contributed by atoms with E-state index in [0.717, 1.165) is 5.92 Å². The van der Waals surface area contributed by atoms with Gasteiger partial charge in [0.05, 0.1) is 0 Å². The molecule has 0 spiro atoms. The fourth-order valence-electron chi connectivity index (χ4n) is 3.27. The van der Waals surface area contributed by atoms with E-state index in [1.807, 2.05) is 0 Å². The van der Waals surface area contributed by atoms with Crippen molar-refractivity contribution >= 4 is 11.9 Å². The summed E-state index contributed by atoms with van der Waals surface area (Å²) in [5, 5.41) is 7.94. The average molecular weight is 255 g/mol. The molecule has 2 bridgehead atoms. The van der Waals surface area contributed by atoms with E-state index >= 15 is 0 Å². The number of carboxylic acid groups (broad SMARTS) is 1. The monoisotopic (exact) mass is 255 g/mol. The molecule has 0 amide bonds. The summed E-state index contributed by atoms with van der Waals surface area (Å²) in [4.78, 5) is 12.9. The van der Waals surface area contributed by atoms with Crippen LogP contribution in [0.2, 0.25) is 0 Å². The van der Waals surface area contributed by atoms with E-state index in [2.05, 4.69) is 25.8 Å². The van der Waals surface area contributed by atoms with Crippen molar-refractivity contribution < 1.29 is 9.90 Å². The van der Waals surface area contributed by atoms with Gasteiger partial charge in [0.25, 0.3) is 0 Å². The number of nitrogens with two attached hydrogens (primary N) is 2. The Labute approximate surface area is 109 Å². The van der Waals surface area contributed by atoms with Gasteiger partial charge in [0.1, 0.15) is 6.54 Å². The maximum atomic E-state index is 9.69. The molecular weight excluding hydrogens is 230 g/mol. The molecule has 0 aliphatic heterocycles. The Morgan fingerprint density at radius 2 is 1.78 bits per heavy atom. The number of aliphatic imine (C=N–C) groups is 1. The number of hydrogen-bond acceptors (Lipinski definition) is 2. The van der Waals surface area contributed by atoms with E-state index < -0.39 is 5.97 Å². The van der Waals surface area contributed by atoms with Gasteiger partial charge in [-0.15, -0.1) is 0 Å². The maximum absolute atomic E-state index is 9.69. The van der Waals surface area contributed by atoms with Gasteiger partial charge < -0.3 is 16.6 Å². The van der Waals surface area contributed by atoms with Crippen LogP contribution in [0, 0.1) is 16.7 Å². The first kappa shape index (κ1) is 14.8. The van der Waals surface area contributed by atoms with Gasteiger partial charge in [0, 0.05) is 0 Å². The van der Waals surface area contributed by atoms with Crippen LogP contribution in [0.1, 0.15) is 46.5 Å². The van der Waals surface area contributed by atoms with Crippen LogP contribution in [0.5, 0.6) is 0 Å². The third kappa shape index (κ3) is 2.94. The second-order valence-electron chi connectivity index (χ2n) is 6.19. The first-order valence-electron chi connectivity index (χ1n) is 6.46. The number of guanidine groups is 1. The lowest BCUT2D eigenvalue weighted by Gasteiger charge is -2.34. The fourth-order valence-corrected chi connectivity index (χ4v) is 3.27. The summed E-state index contributed by atoms with van der Waals surface area (Å²) in [6.45, 7) is 7.07. The van der Waals surface area contributed by atoms with Crippen LogP contribution >= 0.6 is 0 Å². The normalized spacial score (nSPS) is 31.4. The first-order valence-corrected chi connectivity index (χ1v) is 6.46. The highest BCUT2D eigenvalue weighted by Gasteiger charge is 2.55. The Hall–Kier alpha value is -1.26. The molecule has 2 fully saturated rings. The highest BCUT2D eigenvalue weighted by Crippen LogP contribution is 2.65. The van der Waals surface area contributed by atoms with Crippen LogP contribution in [-0.2, 0) is 4.79 Å². The van der Waals surface area contributed by atoms with Crippen molar-refractivity contribution in [3.05, 3.63) is 0 Å². The zero-order valence-corrected chi connectivity index (χ0v) is 11.6. The first-order chi connectivity index (χ1) is 8.19. The van der Waals surface area contributed by atoms with Crippen molar-refractivity contribution in [1.29, 1.82) is 0 Å². The van der Waals surface area contributed by atoms with Gasteiger partial charge in [-0.25, -0.2) is 4.99 Å². The zero-order chi connectivity index (χ0) is 14.0. The number of hydrogen-bond donors (Lipinski definition) is 3. The molecule has 0 aromatic rings.